The van der Waals surface area contributed by atoms with Gasteiger partial charge in [0.1, 0.15) is 0 Å². The van der Waals surface area contributed by atoms with E-state index in [0.29, 0.717) is 17.1 Å². The van der Waals surface area contributed by atoms with E-state index in [0.717, 1.165) is 5.56 Å². The van der Waals surface area contributed by atoms with E-state index in [2.05, 4.69) is 10.6 Å². The molecule has 1 atom stereocenters. The Morgan fingerprint density at radius 3 is 2.32 bits per heavy atom. The fourth-order valence-electron chi connectivity index (χ4n) is 2.71. The molecule has 0 heterocycles. The first-order valence-corrected chi connectivity index (χ1v) is 9.41. The van der Waals surface area contributed by atoms with Crippen molar-refractivity contribution in [1.82, 2.24) is 15.5 Å². The van der Waals surface area contributed by atoms with Gasteiger partial charge in [0.2, 0.25) is 11.8 Å². The van der Waals surface area contributed by atoms with Crippen LogP contribution in [-0.2, 0) is 9.59 Å². The second-order valence-electron chi connectivity index (χ2n) is 6.32. The van der Waals surface area contributed by atoms with Crippen molar-refractivity contribution >= 4 is 29.3 Å². The molecule has 0 aliphatic rings. The molecule has 6 nitrogen and oxygen atoms in total. The molecule has 0 aliphatic carbocycles. The Labute approximate surface area is 169 Å². The number of hydrogen-bond donors (Lipinski definition) is 2. The highest BCUT2D eigenvalue weighted by Crippen LogP contribution is 2.21. The highest BCUT2D eigenvalue weighted by atomic mass is 35.5. The molecule has 0 fully saturated rings. The van der Waals surface area contributed by atoms with Crippen LogP contribution in [-0.4, -0.2) is 42.8 Å². The number of rotatable bonds is 8. The minimum atomic E-state index is -0.547. The lowest BCUT2D eigenvalue weighted by Crippen LogP contribution is -2.40. The first-order valence-electron chi connectivity index (χ1n) is 9.03. The Morgan fingerprint density at radius 2 is 1.68 bits per heavy atom. The van der Waals surface area contributed by atoms with E-state index in [-0.39, 0.29) is 30.7 Å². The highest BCUT2D eigenvalue weighted by molar-refractivity contribution is 6.33. The number of benzene rings is 2. The maximum atomic E-state index is 12.7. The van der Waals surface area contributed by atoms with Crippen molar-refractivity contribution in [3.8, 4) is 0 Å². The minimum Gasteiger partial charge on any atom is -0.355 e. The molecule has 0 radical (unpaired) electrons. The topological polar surface area (TPSA) is 78.5 Å². The summed E-state index contributed by atoms with van der Waals surface area (Å²) >= 11 is 6.11. The molecule has 2 aromatic carbocycles. The van der Waals surface area contributed by atoms with E-state index in [9.17, 15) is 14.4 Å². The van der Waals surface area contributed by atoms with Crippen LogP contribution in [0.3, 0.4) is 0 Å². The van der Waals surface area contributed by atoms with Crippen molar-refractivity contribution in [2.24, 2.45) is 0 Å². The van der Waals surface area contributed by atoms with E-state index in [4.69, 9.17) is 11.6 Å². The van der Waals surface area contributed by atoms with Crippen LogP contribution in [0.4, 0.5) is 0 Å². The predicted molar refractivity (Wildman–Crippen MR) is 109 cm³/mol. The second-order valence-corrected chi connectivity index (χ2v) is 6.73. The van der Waals surface area contributed by atoms with E-state index >= 15 is 0 Å². The Hall–Kier alpha value is -2.86. The van der Waals surface area contributed by atoms with Crippen LogP contribution >= 0.6 is 11.6 Å². The van der Waals surface area contributed by atoms with E-state index < -0.39 is 6.04 Å². The minimum absolute atomic E-state index is 0.0239. The van der Waals surface area contributed by atoms with E-state index in [1.807, 2.05) is 37.3 Å². The molecule has 3 amide bonds. The third-order valence-electron chi connectivity index (χ3n) is 4.18. The summed E-state index contributed by atoms with van der Waals surface area (Å²) in [5, 5.41) is 5.88. The first-order chi connectivity index (χ1) is 13.4. The molecule has 7 heteroatoms. The van der Waals surface area contributed by atoms with Gasteiger partial charge >= 0.3 is 0 Å². The number of carbonyl (C=O) groups excluding carboxylic acids is 3. The monoisotopic (exact) mass is 401 g/mol. The number of likely N-dealkylation sites (N-methyl/N-ethyl adjacent to an activating group) is 2. The Bertz CT molecular complexity index is 827. The maximum absolute atomic E-state index is 12.7. The summed E-state index contributed by atoms with van der Waals surface area (Å²) in [6.45, 7) is 2.28. The first kappa shape index (κ1) is 21.4. The molecule has 0 bridgehead atoms. The summed E-state index contributed by atoms with van der Waals surface area (Å²) in [5.41, 5.74) is 1.14. The number of hydrogen-bond acceptors (Lipinski definition) is 3. The van der Waals surface area contributed by atoms with Crippen molar-refractivity contribution in [3.05, 3.63) is 70.7 Å². The maximum Gasteiger partial charge on any atom is 0.253 e. The number of nitrogens with zero attached hydrogens (tertiary/aromatic N) is 1. The van der Waals surface area contributed by atoms with Crippen LogP contribution < -0.4 is 10.6 Å². The predicted octanol–water partition coefficient (Wildman–Crippen LogP) is 2.80. The number of amides is 3. The average Bonchev–Trinajstić information content (AvgIpc) is 2.68. The summed E-state index contributed by atoms with van der Waals surface area (Å²) in [6.07, 6.45) is 0.0239. The lowest BCUT2D eigenvalue weighted by atomic mass is 10.0. The normalized spacial score (nSPS) is 11.4. The van der Waals surface area contributed by atoms with Crippen LogP contribution in [0.1, 0.15) is 35.3 Å². The second kappa shape index (κ2) is 10.5. The zero-order valence-electron chi connectivity index (χ0n) is 15.9. The van der Waals surface area contributed by atoms with Crippen LogP contribution in [0.5, 0.6) is 0 Å². The summed E-state index contributed by atoms with van der Waals surface area (Å²) < 4.78 is 0. The molecule has 0 aliphatic heterocycles. The third-order valence-corrected chi connectivity index (χ3v) is 4.51. The zero-order chi connectivity index (χ0) is 20.5. The van der Waals surface area contributed by atoms with Crippen molar-refractivity contribution < 1.29 is 14.4 Å². The molecule has 0 saturated carbocycles. The van der Waals surface area contributed by atoms with Crippen molar-refractivity contribution in [2.75, 3.05) is 20.1 Å². The quantitative estimate of drug-likeness (QED) is 0.713. The van der Waals surface area contributed by atoms with Crippen LogP contribution in [0.25, 0.3) is 0 Å². The third kappa shape index (κ3) is 6.09. The van der Waals surface area contributed by atoms with Gasteiger partial charge in [0.25, 0.3) is 5.91 Å². The highest BCUT2D eigenvalue weighted by Gasteiger charge is 2.22. The van der Waals surface area contributed by atoms with E-state index in [1.54, 1.807) is 31.3 Å². The van der Waals surface area contributed by atoms with Gasteiger partial charge in [-0.05, 0) is 24.6 Å². The SMILES string of the molecule is CCNC(=O)CN(C)C(=O)C[C@H](NC(=O)c1ccccc1Cl)c1ccccc1. The Kier molecular flexibility index (Phi) is 8.02. The van der Waals surface area contributed by atoms with Gasteiger partial charge in [0.05, 0.1) is 29.6 Å². The molecule has 28 heavy (non-hydrogen) atoms. The van der Waals surface area contributed by atoms with Gasteiger partial charge in [-0.2, -0.15) is 0 Å². The van der Waals surface area contributed by atoms with Crippen molar-refractivity contribution in [1.29, 1.82) is 0 Å². The van der Waals surface area contributed by atoms with E-state index in [1.165, 1.54) is 4.90 Å². The molecular formula is C21H24ClN3O3. The van der Waals surface area contributed by atoms with Gasteiger partial charge in [-0.1, -0.05) is 54.1 Å². The molecule has 148 valence electrons. The summed E-state index contributed by atoms with van der Waals surface area (Å²) in [4.78, 5) is 38.4. The summed E-state index contributed by atoms with van der Waals surface area (Å²) in [7, 11) is 1.56. The van der Waals surface area contributed by atoms with Crippen molar-refractivity contribution in [3.63, 3.8) is 0 Å². The molecule has 2 N–H and O–H groups in total. The van der Waals surface area contributed by atoms with Gasteiger partial charge in [0, 0.05) is 13.6 Å². The average molecular weight is 402 g/mol. The fraction of sp³-hybridized carbons (Fsp3) is 0.286. The summed E-state index contributed by atoms with van der Waals surface area (Å²) in [5.74, 6) is -0.840. The molecule has 0 saturated heterocycles. The zero-order valence-corrected chi connectivity index (χ0v) is 16.7. The fourth-order valence-corrected chi connectivity index (χ4v) is 2.93. The van der Waals surface area contributed by atoms with Crippen LogP contribution in [0.15, 0.2) is 54.6 Å². The van der Waals surface area contributed by atoms with Gasteiger partial charge in [-0.15, -0.1) is 0 Å². The molecule has 0 spiro atoms. The largest absolute Gasteiger partial charge is 0.355 e. The number of halogens is 1. The lowest BCUT2D eigenvalue weighted by Gasteiger charge is -2.23. The molecule has 0 aromatic heterocycles. The number of carbonyl (C=O) groups is 3. The molecule has 2 rings (SSSR count). The van der Waals surface area contributed by atoms with Gasteiger partial charge in [-0.3, -0.25) is 14.4 Å². The van der Waals surface area contributed by atoms with Gasteiger partial charge in [-0.25, -0.2) is 0 Å². The van der Waals surface area contributed by atoms with Crippen LogP contribution in [0, 0.1) is 0 Å². The Balaban J connectivity index is 2.14. The smallest absolute Gasteiger partial charge is 0.253 e. The molecule has 2 aromatic rings. The standard InChI is InChI=1S/C21H24ClN3O3/c1-3-23-19(26)14-25(2)20(27)13-18(15-9-5-4-6-10-15)24-21(28)16-11-7-8-12-17(16)22/h4-12,18H,3,13-14H2,1-2H3,(H,23,26)(H,24,28)/t18-/m0/s1. The molecule has 0 unspecified atom stereocenters. The van der Waals surface area contributed by atoms with Gasteiger partial charge < -0.3 is 15.5 Å². The summed E-state index contributed by atoms with van der Waals surface area (Å²) in [6, 6.07) is 15.4. The molecular weight excluding hydrogens is 378 g/mol. The Morgan fingerprint density at radius 1 is 1.04 bits per heavy atom. The van der Waals surface area contributed by atoms with Crippen molar-refractivity contribution in [2.45, 2.75) is 19.4 Å². The number of nitrogens with one attached hydrogen (secondary N) is 2. The lowest BCUT2D eigenvalue weighted by molar-refractivity contribution is -0.135. The van der Waals surface area contributed by atoms with Gasteiger partial charge in [0.15, 0.2) is 0 Å². The van der Waals surface area contributed by atoms with Crippen LogP contribution in [0.2, 0.25) is 5.02 Å².